The molecule has 1 amide bonds. The molecule has 0 aliphatic carbocycles. The van der Waals surface area contributed by atoms with Gasteiger partial charge in [-0.25, -0.2) is 4.98 Å². The molecule has 0 saturated heterocycles. The lowest BCUT2D eigenvalue weighted by Crippen LogP contribution is -2.32. The molecule has 2 N–H and O–H groups in total. The van der Waals surface area contributed by atoms with Crippen molar-refractivity contribution in [2.45, 2.75) is 32.7 Å². The molecular weight excluding hydrogens is 248 g/mol. The number of aromatic nitrogens is 1. The van der Waals surface area contributed by atoms with Crippen molar-refractivity contribution in [1.82, 2.24) is 10.3 Å². The molecule has 1 heterocycles. The Hall–Kier alpha value is -2.18. The Bertz CT molecular complexity index is 450. The van der Waals surface area contributed by atoms with E-state index in [9.17, 15) is 14.9 Å². The molecular formula is C12H18N4O3. The molecule has 1 atom stereocenters. The number of pyridine rings is 1. The average molecular weight is 266 g/mol. The van der Waals surface area contributed by atoms with Gasteiger partial charge in [0, 0.05) is 31.3 Å². The molecule has 19 heavy (non-hydrogen) atoms. The summed E-state index contributed by atoms with van der Waals surface area (Å²) in [5.74, 6) is 0.345. The highest BCUT2D eigenvalue weighted by Gasteiger charge is 2.08. The molecule has 0 spiro atoms. The van der Waals surface area contributed by atoms with E-state index < -0.39 is 4.92 Å². The second-order valence-electron chi connectivity index (χ2n) is 4.21. The number of hydrogen-bond donors (Lipinski definition) is 2. The van der Waals surface area contributed by atoms with E-state index in [0.29, 0.717) is 18.8 Å². The zero-order chi connectivity index (χ0) is 14.3. The van der Waals surface area contributed by atoms with Crippen LogP contribution >= 0.6 is 0 Å². The molecule has 0 saturated carbocycles. The quantitative estimate of drug-likeness (QED) is 0.578. The van der Waals surface area contributed by atoms with Gasteiger partial charge in [0.2, 0.25) is 5.91 Å². The lowest BCUT2D eigenvalue weighted by molar-refractivity contribution is -0.384. The van der Waals surface area contributed by atoms with E-state index in [2.05, 4.69) is 15.6 Å². The summed E-state index contributed by atoms with van der Waals surface area (Å²) in [6, 6.07) is 2.82. The van der Waals surface area contributed by atoms with E-state index in [1.54, 1.807) is 0 Å². The zero-order valence-corrected chi connectivity index (χ0v) is 11.0. The number of carbonyl (C=O) groups excluding carboxylic acids is 1. The number of rotatable bonds is 7. The second-order valence-corrected chi connectivity index (χ2v) is 4.21. The largest absolute Gasteiger partial charge is 0.369 e. The molecule has 0 aliphatic rings. The summed E-state index contributed by atoms with van der Waals surface area (Å²) in [6.07, 6.45) is 2.54. The second kappa shape index (κ2) is 7.30. The van der Waals surface area contributed by atoms with Crippen molar-refractivity contribution in [3.63, 3.8) is 0 Å². The molecule has 7 heteroatoms. The summed E-state index contributed by atoms with van der Waals surface area (Å²) in [5, 5.41) is 16.3. The zero-order valence-electron chi connectivity index (χ0n) is 11.0. The minimum atomic E-state index is -0.484. The van der Waals surface area contributed by atoms with E-state index in [1.165, 1.54) is 18.3 Å². The van der Waals surface area contributed by atoms with Crippen molar-refractivity contribution in [3.05, 3.63) is 28.4 Å². The van der Waals surface area contributed by atoms with Crippen LogP contribution in [-0.4, -0.2) is 28.4 Å². The van der Waals surface area contributed by atoms with Gasteiger partial charge in [0.15, 0.2) is 0 Å². The number of amides is 1. The normalized spacial score (nSPS) is 11.7. The van der Waals surface area contributed by atoms with E-state index >= 15 is 0 Å². The van der Waals surface area contributed by atoms with Crippen molar-refractivity contribution >= 4 is 17.4 Å². The number of anilines is 1. The SMILES string of the molecule is CCC(C)NC(=O)CCNc1cc([N+](=O)[O-])ccn1. The van der Waals surface area contributed by atoms with Crippen LogP contribution < -0.4 is 10.6 Å². The maximum atomic E-state index is 11.5. The van der Waals surface area contributed by atoms with Crippen LogP contribution in [0.25, 0.3) is 0 Å². The fraction of sp³-hybridized carbons (Fsp3) is 0.500. The smallest absolute Gasteiger partial charge is 0.274 e. The highest BCUT2D eigenvalue weighted by molar-refractivity contribution is 5.76. The number of nitro groups is 1. The van der Waals surface area contributed by atoms with Crippen LogP contribution in [0.2, 0.25) is 0 Å². The minimum Gasteiger partial charge on any atom is -0.369 e. The van der Waals surface area contributed by atoms with Gasteiger partial charge in [-0.3, -0.25) is 14.9 Å². The van der Waals surface area contributed by atoms with Gasteiger partial charge >= 0.3 is 0 Å². The Labute approximate surface area is 111 Å². The highest BCUT2D eigenvalue weighted by atomic mass is 16.6. The predicted molar refractivity (Wildman–Crippen MR) is 71.9 cm³/mol. The number of nitrogens with one attached hydrogen (secondary N) is 2. The van der Waals surface area contributed by atoms with Crippen molar-refractivity contribution in [3.8, 4) is 0 Å². The molecule has 0 aliphatic heterocycles. The summed E-state index contributed by atoms with van der Waals surface area (Å²) in [7, 11) is 0. The van der Waals surface area contributed by atoms with Crippen molar-refractivity contribution in [2.24, 2.45) is 0 Å². The van der Waals surface area contributed by atoms with Crippen LogP contribution in [-0.2, 0) is 4.79 Å². The first-order valence-corrected chi connectivity index (χ1v) is 6.16. The van der Waals surface area contributed by atoms with Crippen molar-refractivity contribution in [1.29, 1.82) is 0 Å². The predicted octanol–water partition coefficient (Wildman–Crippen LogP) is 1.71. The van der Waals surface area contributed by atoms with Gasteiger partial charge in [-0.2, -0.15) is 0 Å². The summed E-state index contributed by atoms with van der Waals surface area (Å²) in [6.45, 7) is 4.32. The summed E-state index contributed by atoms with van der Waals surface area (Å²) < 4.78 is 0. The molecule has 1 rings (SSSR count). The van der Waals surface area contributed by atoms with Gasteiger partial charge in [-0.05, 0) is 13.3 Å². The minimum absolute atomic E-state index is 0.0263. The van der Waals surface area contributed by atoms with Crippen LogP contribution in [0.1, 0.15) is 26.7 Å². The Morgan fingerprint density at radius 3 is 2.95 bits per heavy atom. The number of carbonyl (C=O) groups is 1. The van der Waals surface area contributed by atoms with E-state index in [4.69, 9.17) is 0 Å². The van der Waals surface area contributed by atoms with Crippen LogP contribution in [0.3, 0.4) is 0 Å². The lowest BCUT2D eigenvalue weighted by Gasteiger charge is -2.11. The Morgan fingerprint density at radius 1 is 1.58 bits per heavy atom. The van der Waals surface area contributed by atoms with Crippen molar-refractivity contribution < 1.29 is 9.72 Å². The average Bonchev–Trinajstić information content (AvgIpc) is 2.38. The first-order chi connectivity index (χ1) is 9.02. The van der Waals surface area contributed by atoms with E-state index in [0.717, 1.165) is 6.42 Å². The fourth-order valence-corrected chi connectivity index (χ4v) is 1.38. The third-order valence-corrected chi connectivity index (χ3v) is 2.63. The van der Waals surface area contributed by atoms with Crippen molar-refractivity contribution in [2.75, 3.05) is 11.9 Å². The van der Waals surface area contributed by atoms with Gasteiger partial charge in [-0.15, -0.1) is 0 Å². The third kappa shape index (κ3) is 5.33. The van der Waals surface area contributed by atoms with Crippen LogP contribution in [0, 0.1) is 10.1 Å². The van der Waals surface area contributed by atoms with Gasteiger partial charge in [-0.1, -0.05) is 6.92 Å². The van der Waals surface area contributed by atoms with E-state index in [-0.39, 0.29) is 17.6 Å². The molecule has 104 valence electrons. The maximum Gasteiger partial charge on any atom is 0.274 e. The topological polar surface area (TPSA) is 97.2 Å². The lowest BCUT2D eigenvalue weighted by atomic mass is 10.2. The van der Waals surface area contributed by atoms with Gasteiger partial charge < -0.3 is 10.6 Å². The highest BCUT2D eigenvalue weighted by Crippen LogP contribution is 2.13. The van der Waals surface area contributed by atoms with Gasteiger partial charge in [0.1, 0.15) is 5.82 Å². The molecule has 0 radical (unpaired) electrons. The first kappa shape index (κ1) is 14.9. The summed E-state index contributed by atoms with van der Waals surface area (Å²) in [5.41, 5.74) is -0.0263. The maximum absolute atomic E-state index is 11.5. The van der Waals surface area contributed by atoms with Crippen LogP contribution in [0.5, 0.6) is 0 Å². The van der Waals surface area contributed by atoms with Crippen LogP contribution in [0.15, 0.2) is 18.3 Å². The van der Waals surface area contributed by atoms with Gasteiger partial charge in [0.05, 0.1) is 11.0 Å². The van der Waals surface area contributed by atoms with E-state index in [1.807, 2.05) is 13.8 Å². The summed E-state index contributed by atoms with van der Waals surface area (Å²) >= 11 is 0. The van der Waals surface area contributed by atoms with Crippen LogP contribution in [0.4, 0.5) is 11.5 Å². The molecule has 0 aromatic carbocycles. The third-order valence-electron chi connectivity index (χ3n) is 2.63. The monoisotopic (exact) mass is 266 g/mol. The fourth-order valence-electron chi connectivity index (χ4n) is 1.38. The molecule has 0 bridgehead atoms. The molecule has 1 aromatic heterocycles. The molecule has 0 fully saturated rings. The standard InChI is InChI=1S/C12H18N4O3/c1-3-9(2)15-12(17)5-7-14-11-8-10(16(18)19)4-6-13-11/h4,6,8-9H,3,5,7H2,1-2H3,(H,13,14)(H,15,17). The summed E-state index contributed by atoms with van der Waals surface area (Å²) in [4.78, 5) is 25.5. The Kier molecular flexibility index (Phi) is 5.72. The van der Waals surface area contributed by atoms with Gasteiger partial charge in [0.25, 0.3) is 5.69 Å². The number of hydrogen-bond acceptors (Lipinski definition) is 5. The number of nitrogens with zero attached hydrogens (tertiary/aromatic N) is 2. The Morgan fingerprint density at radius 2 is 2.32 bits per heavy atom. The molecule has 1 aromatic rings. The first-order valence-electron chi connectivity index (χ1n) is 6.16. The molecule has 1 unspecified atom stereocenters. The Balaban J connectivity index is 2.39. The molecule has 7 nitrogen and oxygen atoms in total.